The molecule has 0 spiro atoms. The minimum absolute atomic E-state index is 0.289. The SMILES string of the molecule is Cc1nc(C)c(COC2CCOC2)s1. The zero-order valence-electron chi connectivity index (χ0n) is 8.58. The van der Waals surface area contributed by atoms with Crippen LogP contribution in [0.5, 0.6) is 0 Å². The van der Waals surface area contributed by atoms with E-state index in [9.17, 15) is 0 Å². The maximum absolute atomic E-state index is 5.73. The van der Waals surface area contributed by atoms with Crippen molar-refractivity contribution in [1.29, 1.82) is 0 Å². The summed E-state index contributed by atoms with van der Waals surface area (Å²) in [7, 11) is 0. The number of nitrogens with zero attached hydrogens (tertiary/aromatic N) is 1. The average Bonchev–Trinajstić information content (AvgIpc) is 2.72. The van der Waals surface area contributed by atoms with Gasteiger partial charge in [0.15, 0.2) is 0 Å². The van der Waals surface area contributed by atoms with Gasteiger partial charge in [-0.3, -0.25) is 0 Å². The Labute approximate surface area is 88.1 Å². The number of ether oxygens (including phenoxy) is 2. The lowest BCUT2D eigenvalue weighted by molar-refractivity contribution is 0.0328. The Hall–Kier alpha value is -0.450. The van der Waals surface area contributed by atoms with Gasteiger partial charge in [0.25, 0.3) is 0 Å². The van der Waals surface area contributed by atoms with Crippen LogP contribution in [0.25, 0.3) is 0 Å². The maximum atomic E-state index is 5.73. The Balaban J connectivity index is 1.87. The van der Waals surface area contributed by atoms with Gasteiger partial charge < -0.3 is 9.47 Å². The summed E-state index contributed by atoms with van der Waals surface area (Å²) in [4.78, 5) is 5.61. The Kier molecular flexibility index (Phi) is 3.15. The molecule has 0 N–H and O–H groups in total. The van der Waals surface area contributed by atoms with Crippen LogP contribution < -0.4 is 0 Å². The van der Waals surface area contributed by atoms with Crippen molar-refractivity contribution in [2.45, 2.75) is 33.0 Å². The second-order valence-electron chi connectivity index (χ2n) is 3.54. The molecule has 0 aromatic carbocycles. The molecule has 3 nitrogen and oxygen atoms in total. The minimum Gasteiger partial charge on any atom is -0.379 e. The number of thiazole rings is 1. The van der Waals surface area contributed by atoms with Crippen LogP contribution in [0, 0.1) is 13.8 Å². The molecule has 0 bridgehead atoms. The second kappa shape index (κ2) is 4.38. The molecule has 0 saturated carbocycles. The van der Waals surface area contributed by atoms with Crippen molar-refractivity contribution in [2.75, 3.05) is 13.2 Å². The Morgan fingerprint density at radius 1 is 1.57 bits per heavy atom. The van der Waals surface area contributed by atoms with Crippen molar-refractivity contribution in [1.82, 2.24) is 4.98 Å². The van der Waals surface area contributed by atoms with Crippen LogP contribution in [-0.2, 0) is 16.1 Å². The smallest absolute Gasteiger partial charge is 0.0900 e. The molecule has 0 aliphatic carbocycles. The molecule has 1 unspecified atom stereocenters. The number of rotatable bonds is 3. The van der Waals surface area contributed by atoms with Crippen LogP contribution in [0.4, 0.5) is 0 Å². The van der Waals surface area contributed by atoms with Crippen molar-refractivity contribution >= 4 is 11.3 Å². The van der Waals surface area contributed by atoms with E-state index in [1.165, 1.54) is 4.88 Å². The van der Waals surface area contributed by atoms with Gasteiger partial charge in [-0.1, -0.05) is 0 Å². The van der Waals surface area contributed by atoms with Crippen molar-refractivity contribution in [3.05, 3.63) is 15.6 Å². The summed E-state index contributed by atoms with van der Waals surface area (Å²) in [5.41, 5.74) is 1.10. The number of hydrogen-bond acceptors (Lipinski definition) is 4. The van der Waals surface area contributed by atoms with E-state index in [2.05, 4.69) is 4.98 Å². The summed E-state index contributed by atoms with van der Waals surface area (Å²) in [6, 6.07) is 0. The third kappa shape index (κ3) is 2.32. The molecule has 4 heteroatoms. The molecule has 0 radical (unpaired) electrons. The van der Waals surface area contributed by atoms with Gasteiger partial charge in [0, 0.05) is 6.61 Å². The third-order valence-electron chi connectivity index (χ3n) is 2.34. The van der Waals surface area contributed by atoms with Crippen LogP contribution in [0.3, 0.4) is 0 Å². The van der Waals surface area contributed by atoms with E-state index in [0.29, 0.717) is 6.61 Å². The summed E-state index contributed by atoms with van der Waals surface area (Å²) < 4.78 is 11.0. The summed E-state index contributed by atoms with van der Waals surface area (Å²) in [5, 5.41) is 1.11. The lowest BCUT2D eigenvalue weighted by Crippen LogP contribution is -2.11. The lowest BCUT2D eigenvalue weighted by Gasteiger charge is -2.08. The van der Waals surface area contributed by atoms with E-state index in [1.807, 2.05) is 13.8 Å². The molecular formula is C10H15NO2S. The summed E-state index contributed by atoms with van der Waals surface area (Å²) in [6.45, 7) is 6.33. The zero-order valence-corrected chi connectivity index (χ0v) is 9.39. The fourth-order valence-electron chi connectivity index (χ4n) is 1.55. The minimum atomic E-state index is 0.289. The van der Waals surface area contributed by atoms with E-state index in [0.717, 1.165) is 30.3 Å². The fraction of sp³-hybridized carbons (Fsp3) is 0.700. The van der Waals surface area contributed by atoms with E-state index < -0.39 is 0 Å². The summed E-state index contributed by atoms with van der Waals surface area (Å²) in [6.07, 6.45) is 1.31. The second-order valence-corrected chi connectivity index (χ2v) is 4.83. The quantitative estimate of drug-likeness (QED) is 0.770. The largest absolute Gasteiger partial charge is 0.379 e. The third-order valence-corrected chi connectivity index (χ3v) is 3.38. The van der Waals surface area contributed by atoms with Gasteiger partial charge in [0.05, 0.1) is 34.9 Å². The Bertz CT molecular complexity index is 305. The van der Waals surface area contributed by atoms with Crippen molar-refractivity contribution < 1.29 is 9.47 Å². The predicted octanol–water partition coefficient (Wildman–Crippen LogP) is 2.07. The van der Waals surface area contributed by atoms with Crippen LogP contribution >= 0.6 is 11.3 Å². The van der Waals surface area contributed by atoms with Gasteiger partial charge in [-0.2, -0.15) is 0 Å². The van der Waals surface area contributed by atoms with Gasteiger partial charge in [0.2, 0.25) is 0 Å². The molecule has 2 rings (SSSR count). The first-order valence-corrected chi connectivity index (χ1v) is 5.69. The lowest BCUT2D eigenvalue weighted by atomic mass is 10.3. The van der Waals surface area contributed by atoms with Gasteiger partial charge in [-0.15, -0.1) is 11.3 Å². The summed E-state index contributed by atoms with van der Waals surface area (Å²) >= 11 is 1.72. The number of aromatic nitrogens is 1. The first kappa shape index (κ1) is 10.1. The molecule has 78 valence electrons. The highest BCUT2D eigenvalue weighted by Gasteiger charge is 2.16. The van der Waals surface area contributed by atoms with E-state index in [4.69, 9.17) is 9.47 Å². The highest BCUT2D eigenvalue weighted by molar-refractivity contribution is 7.11. The van der Waals surface area contributed by atoms with Crippen molar-refractivity contribution in [3.63, 3.8) is 0 Å². The van der Waals surface area contributed by atoms with Crippen molar-refractivity contribution in [3.8, 4) is 0 Å². The fourth-order valence-corrected chi connectivity index (χ4v) is 2.40. The molecule has 1 aromatic rings. The highest BCUT2D eigenvalue weighted by atomic mass is 32.1. The molecule has 2 heterocycles. The number of hydrogen-bond donors (Lipinski definition) is 0. The normalized spacial score (nSPS) is 21.7. The van der Waals surface area contributed by atoms with Crippen molar-refractivity contribution in [2.24, 2.45) is 0 Å². The molecule has 0 amide bonds. The van der Waals surface area contributed by atoms with Crippen LogP contribution in [0.15, 0.2) is 0 Å². The molecule has 1 aliphatic heterocycles. The maximum Gasteiger partial charge on any atom is 0.0900 e. The first-order valence-electron chi connectivity index (χ1n) is 4.88. The summed E-state index contributed by atoms with van der Waals surface area (Å²) in [5.74, 6) is 0. The van der Waals surface area contributed by atoms with E-state index >= 15 is 0 Å². The average molecular weight is 213 g/mol. The monoisotopic (exact) mass is 213 g/mol. The van der Waals surface area contributed by atoms with Crippen LogP contribution in [-0.4, -0.2) is 24.3 Å². The highest BCUT2D eigenvalue weighted by Crippen LogP contribution is 2.20. The molecule has 14 heavy (non-hydrogen) atoms. The standard InChI is InChI=1S/C10H15NO2S/c1-7-10(14-8(2)11-7)6-13-9-3-4-12-5-9/h9H,3-6H2,1-2H3. The number of aryl methyl sites for hydroxylation is 2. The molecule has 1 aliphatic rings. The van der Waals surface area contributed by atoms with Gasteiger partial charge in [-0.05, 0) is 20.3 Å². The van der Waals surface area contributed by atoms with Gasteiger partial charge in [0.1, 0.15) is 0 Å². The molecule has 1 fully saturated rings. The van der Waals surface area contributed by atoms with Gasteiger partial charge >= 0.3 is 0 Å². The topological polar surface area (TPSA) is 31.4 Å². The molecule has 1 aromatic heterocycles. The predicted molar refractivity (Wildman–Crippen MR) is 55.6 cm³/mol. The molecular weight excluding hydrogens is 198 g/mol. The van der Waals surface area contributed by atoms with E-state index in [1.54, 1.807) is 11.3 Å². The first-order chi connectivity index (χ1) is 6.75. The van der Waals surface area contributed by atoms with E-state index in [-0.39, 0.29) is 6.10 Å². The van der Waals surface area contributed by atoms with Crippen LogP contribution in [0.2, 0.25) is 0 Å². The molecule has 1 atom stereocenters. The Morgan fingerprint density at radius 2 is 2.43 bits per heavy atom. The Morgan fingerprint density at radius 3 is 3.00 bits per heavy atom. The van der Waals surface area contributed by atoms with Crippen LogP contribution in [0.1, 0.15) is 22.0 Å². The zero-order chi connectivity index (χ0) is 9.97. The van der Waals surface area contributed by atoms with Gasteiger partial charge in [-0.25, -0.2) is 4.98 Å². The molecule has 1 saturated heterocycles.